The van der Waals surface area contributed by atoms with Gasteiger partial charge in [0.25, 0.3) is 0 Å². The van der Waals surface area contributed by atoms with E-state index in [2.05, 4.69) is 45.7 Å². The van der Waals surface area contributed by atoms with Crippen molar-refractivity contribution in [1.82, 2.24) is 9.80 Å². The summed E-state index contributed by atoms with van der Waals surface area (Å²) in [4.78, 5) is 58.7. The molecule has 0 saturated carbocycles. The number of carbonyl (C=O) groups excluding carboxylic acids is 5. The van der Waals surface area contributed by atoms with Gasteiger partial charge < -0.3 is 33.6 Å². The third kappa shape index (κ3) is 30.0. The summed E-state index contributed by atoms with van der Waals surface area (Å²) in [5.74, 6) is -1.18. The Morgan fingerprint density at radius 2 is 0.874 bits per heavy atom. The van der Waals surface area contributed by atoms with E-state index >= 15 is 0 Å². The van der Waals surface area contributed by atoms with Crippen molar-refractivity contribution >= 4 is 93.8 Å². The van der Waals surface area contributed by atoms with Gasteiger partial charge in [0.05, 0.1) is 45.1 Å². The zero-order chi connectivity index (χ0) is 69.5. The third-order valence-electron chi connectivity index (χ3n) is 15.1. The molecule has 0 aromatic heterocycles. The molecule has 8 aromatic carbocycles. The average molecular weight is 1360 g/mol. The van der Waals surface area contributed by atoms with Crippen LogP contribution in [0.15, 0.2) is 188 Å². The van der Waals surface area contributed by atoms with Crippen LogP contribution in [0.5, 0.6) is 11.5 Å². The van der Waals surface area contributed by atoms with E-state index in [1.165, 1.54) is 140 Å². The molecule has 0 aliphatic heterocycles. The molecule has 0 radical (unpaired) electrons. The summed E-state index contributed by atoms with van der Waals surface area (Å²) < 4.78 is 90.2. The number of ether oxygens (including phenoxy) is 5. The first-order valence-corrected chi connectivity index (χ1v) is 47.4. The molecule has 0 aliphatic carbocycles. The standard InChI is InChI=1S/C36H38FNO5.C23H28FNO5.C15H13F3.CH2O.2K/c1-41-35(39)10-6-7-22-38(25-27-11-17-31(18-12-27)36(40)42-2)23-21-32-24-33(37)19-20-34(32)43-26-28-13-15-30(16-14-28)29-8-4-3-5-9-29;1-29-22(27)5-3-4-13-25(14-12-19-15-20(24)10-11-21(19)26)16-17-6-8-18(9-7-17)23(28)30-2;1-2-11-3-5-12(6-4-11)13-7-9-14(10-8-13)15(16,17)18;1-2;;/h3-5,8-9,11-20,24H,6-7,10,21-23,25-26H2,1-2H3;6-11,15,26H,3-5,12-14,16H2,1-2H3;3-10H,2H2,1H3;1H2;;. The molecule has 0 atom stereocenters. The van der Waals surface area contributed by atoms with Crippen molar-refractivity contribution in [2.24, 2.45) is 0 Å². The Labute approximate surface area is 599 Å². The molecule has 0 bridgehead atoms. The number of benzene rings is 8. The van der Waals surface area contributed by atoms with Crippen molar-refractivity contribution in [2.75, 3.05) is 54.6 Å². The molecule has 13 nitrogen and oxygen atoms in total. The van der Waals surface area contributed by atoms with Gasteiger partial charge in [0.1, 0.15) is 36.5 Å². The van der Waals surface area contributed by atoms with Crippen LogP contribution >= 0.6 is 0 Å². The molecule has 20 heteroatoms. The minimum absolute atomic E-state index is 0.0736. The molecule has 0 spiro atoms. The fourth-order valence-corrected chi connectivity index (χ4v) is 9.76. The number of unbranched alkanes of at least 4 members (excludes halogenated alkanes) is 2. The van der Waals surface area contributed by atoms with Gasteiger partial charge in [-0.1, -0.05) is 122 Å². The van der Waals surface area contributed by atoms with Crippen molar-refractivity contribution in [3.8, 4) is 33.8 Å². The minimum atomic E-state index is -4.27. The normalized spacial score (nSPS) is 10.7. The molecule has 0 amide bonds. The first kappa shape index (κ1) is 81.2. The van der Waals surface area contributed by atoms with Gasteiger partial charge in [-0.25, -0.2) is 18.4 Å². The molecular formula is C75H81F5K2N2O11. The van der Waals surface area contributed by atoms with Crippen molar-refractivity contribution in [2.45, 2.75) is 90.6 Å². The molecule has 0 unspecified atom stereocenters. The maximum atomic E-state index is 14.3. The summed E-state index contributed by atoms with van der Waals surface area (Å²) in [6, 6.07) is 54.6. The Morgan fingerprint density at radius 3 is 1.31 bits per heavy atom. The van der Waals surface area contributed by atoms with Gasteiger partial charge in [0.2, 0.25) is 0 Å². The maximum absolute atomic E-state index is 14.3. The van der Waals surface area contributed by atoms with Crippen LogP contribution in [0.4, 0.5) is 22.0 Å². The van der Waals surface area contributed by atoms with Gasteiger partial charge in [-0.05, 0) is 186 Å². The van der Waals surface area contributed by atoms with Gasteiger partial charge >= 0.3 is 93.2 Å². The van der Waals surface area contributed by atoms with Crippen LogP contribution in [0.3, 0.4) is 0 Å². The van der Waals surface area contributed by atoms with Crippen molar-refractivity contribution < 1.29 is 74.7 Å². The molecule has 95 heavy (non-hydrogen) atoms. The SMILES string of the molecule is C=O.CCc1ccc(-c2ccc(C(F)(F)F)cc2)cc1.COC(=O)CCCCN(CCc1cc(F)ccc1O)Cc1ccc(C(=O)OC)cc1.COC(=O)CCCCN(CCc1cc(F)ccc1OCc1ccc(-c2ccccc2)cc1)Cc1ccc(C(=O)OC)cc1.[K][K]. The number of alkyl halides is 3. The molecule has 8 aromatic rings. The van der Waals surface area contributed by atoms with Crippen LogP contribution in [0.25, 0.3) is 22.3 Å². The van der Waals surface area contributed by atoms with Crippen molar-refractivity contribution in [3.63, 3.8) is 0 Å². The number of nitrogens with zero attached hydrogens (tertiary/aromatic N) is 2. The van der Waals surface area contributed by atoms with Crippen LogP contribution in [0.1, 0.15) is 105 Å². The number of aromatic hydroxyl groups is 1. The number of phenolic OH excluding ortho intramolecular Hbond substituents is 1. The number of phenols is 1. The molecule has 0 saturated heterocycles. The van der Waals surface area contributed by atoms with E-state index in [0.29, 0.717) is 93.8 Å². The number of aryl methyl sites for hydroxylation is 1. The monoisotopic (exact) mass is 1360 g/mol. The van der Waals surface area contributed by atoms with Crippen LogP contribution in [0, 0.1) is 11.6 Å². The number of esters is 4. The van der Waals surface area contributed by atoms with E-state index in [-0.39, 0.29) is 41.3 Å². The number of halogens is 5. The van der Waals surface area contributed by atoms with Crippen molar-refractivity contribution in [3.05, 3.63) is 250 Å². The molecule has 0 heterocycles. The first-order chi connectivity index (χ1) is 45.9. The second-order valence-corrected chi connectivity index (χ2v) is 21.5. The zero-order valence-electron chi connectivity index (χ0n) is 55.2. The van der Waals surface area contributed by atoms with Crippen molar-refractivity contribution in [1.29, 1.82) is 0 Å². The molecule has 8 rings (SSSR count). The Bertz CT molecular complexity index is 3550. The summed E-state index contributed by atoms with van der Waals surface area (Å²) in [6.45, 7) is 8.43. The predicted octanol–water partition coefficient (Wildman–Crippen LogP) is 14.9. The Hall–Kier alpha value is -6.25. The van der Waals surface area contributed by atoms with Gasteiger partial charge in [-0.3, -0.25) is 19.4 Å². The second-order valence-electron chi connectivity index (χ2n) is 21.5. The predicted molar refractivity (Wildman–Crippen MR) is 361 cm³/mol. The van der Waals surface area contributed by atoms with Gasteiger partial charge in [-0.2, -0.15) is 13.2 Å². The molecular weight excluding hydrogens is 1280 g/mol. The number of methoxy groups -OCH3 is 4. The molecule has 0 fully saturated rings. The Kier molecular flexibility index (Phi) is 38.7. The second kappa shape index (κ2) is 45.3. The fourth-order valence-electron chi connectivity index (χ4n) is 9.76. The van der Waals surface area contributed by atoms with Crippen LogP contribution in [-0.2, 0) is 78.5 Å². The van der Waals surface area contributed by atoms with E-state index in [4.69, 9.17) is 23.7 Å². The van der Waals surface area contributed by atoms with E-state index in [9.17, 15) is 46.2 Å². The fraction of sp³-hybridized carbons (Fsp3) is 0.293. The van der Waals surface area contributed by atoms with Crippen LogP contribution in [-0.4, -0.2) is 163 Å². The van der Waals surface area contributed by atoms with E-state index < -0.39 is 11.7 Å². The molecule has 0 aliphatic rings. The van der Waals surface area contributed by atoms with E-state index in [1.54, 1.807) is 30.3 Å². The van der Waals surface area contributed by atoms with Gasteiger partial charge in [0, 0.05) is 39.0 Å². The summed E-state index contributed by atoms with van der Waals surface area (Å²) >= 11 is 2.50. The summed E-state index contributed by atoms with van der Waals surface area (Å²) in [6.07, 6.45) is 1.49. The van der Waals surface area contributed by atoms with Crippen LogP contribution in [0.2, 0.25) is 0 Å². The molecule has 1 N–H and O–H groups in total. The summed E-state index contributed by atoms with van der Waals surface area (Å²) in [5.41, 5.74) is 10.0. The van der Waals surface area contributed by atoms with E-state index in [0.717, 1.165) is 89.0 Å². The first-order valence-electron chi connectivity index (χ1n) is 31.4. The van der Waals surface area contributed by atoms with Gasteiger partial charge in [0.15, 0.2) is 0 Å². The third-order valence-corrected chi connectivity index (χ3v) is 15.1. The summed E-state index contributed by atoms with van der Waals surface area (Å²) in [7, 11) is 5.47. The van der Waals surface area contributed by atoms with E-state index in [1.807, 2.05) is 85.7 Å². The Morgan fingerprint density at radius 1 is 0.474 bits per heavy atom. The number of rotatable bonds is 28. The topological polar surface area (TPSA) is 158 Å². The van der Waals surface area contributed by atoms with Crippen LogP contribution < -0.4 is 4.74 Å². The average Bonchev–Trinajstić information content (AvgIpc) is 0.930. The van der Waals surface area contributed by atoms with Gasteiger partial charge in [-0.15, -0.1) is 0 Å². The Balaban J connectivity index is 0.000000319. The number of carbonyl (C=O) groups is 5. The molecule has 494 valence electrons. The quantitative estimate of drug-likeness (QED) is 0.0163. The number of hydrogen-bond acceptors (Lipinski definition) is 13. The zero-order valence-corrected chi connectivity index (χ0v) is 61.5. The summed E-state index contributed by atoms with van der Waals surface area (Å²) in [5, 5.41) is 9.97. The number of hydrogen-bond donors (Lipinski definition) is 1.